The molecule has 1 amide bonds. The van der Waals surface area contributed by atoms with Crippen molar-refractivity contribution in [3.8, 4) is 0 Å². The van der Waals surface area contributed by atoms with Gasteiger partial charge in [0.15, 0.2) is 0 Å². The standard InChI is InChI=1S/C12H23N3O/c1-12(2)9-15(7-6-14(12)3)11(16)8-13-10-4-5-10/h10,13H,4-9H2,1-3H3. The molecule has 0 bridgehead atoms. The van der Waals surface area contributed by atoms with Crippen LogP contribution in [0.15, 0.2) is 0 Å². The number of carbonyl (C=O) groups excluding carboxylic acids is 1. The van der Waals surface area contributed by atoms with Crippen molar-refractivity contribution in [1.82, 2.24) is 15.1 Å². The molecule has 0 aromatic rings. The number of hydrogen-bond acceptors (Lipinski definition) is 3. The first-order chi connectivity index (χ1) is 7.49. The fourth-order valence-electron chi connectivity index (χ4n) is 2.08. The van der Waals surface area contributed by atoms with Gasteiger partial charge in [-0.3, -0.25) is 9.69 Å². The van der Waals surface area contributed by atoms with Crippen LogP contribution in [0.1, 0.15) is 26.7 Å². The first-order valence-corrected chi connectivity index (χ1v) is 6.21. The van der Waals surface area contributed by atoms with Crippen LogP contribution in [-0.2, 0) is 4.79 Å². The summed E-state index contributed by atoms with van der Waals surface area (Å²) in [4.78, 5) is 16.3. The Balaban J connectivity index is 1.82. The van der Waals surface area contributed by atoms with Crippen LogP contribution in [0.3, 0.4) is 0 Å². The highest BCUT2D eigenvalue weighted by Gasteiger charge is 2.33. The smallest absolute Gasteiger partial charge is 0.236 e. The Kier molecular flexibility index (Phi) is 3.22. The van der Waals surface area contributed by atoms with E-state index in [1.165, 1.54) is 12.8 Å². The first-order valence-electron chi connectivity index (χ1n) is 6.21. The summed E-state index contributed by atoms with van der Waals surface area (Å²) < 4.78 is 0. The Labute approximate surface area is 98.0 Å². The summed E-state index contributed by atoms with van der Waals surface area (Å²) in [6, 6.07) is 0.615. The second-order valence-corrected chi connectivity index (χ2v) is 5.70. The number of nitrogens with zero attached hydrogens (tertiary/aromatic N) is 2. The minimum Gasteiger partial charge on any atom is -0.338 e. The summed E-state index contributed by atoms with van der Waals surface area (Å²) in [6.07, 6.45) is 2.48. The van der Waals surface area contributed by atoms with Gasteiger partial charge in [0.1, 0.15) is 0 Å². The SMILES string of the molecule is CN1CCN(C(=O)CNC2CC2)CC1(C)C. The van der Waals surface area contributed by atoms with Gasteiger partial charge < -0.3 is 10.2 Å². The zero-order valence-electron chi connectivity index (χ0n) is 10.6. The van der Waals surface area contributed by atoms with E-state index in [1.807, 2.05) is 4.90 Å². The van der Waals surface area contributed by atoms with Gasteiger partial charge in [0.05, 0.1) is 6.54 Å². The molecule has 1 heterocycles. The molecule has 92 valence electrons. The molecule has 16 heavy (non-hydrogen) atoms. The molecule has 0 atom stereocenters. The van der Waals surface area contributed by atoms with Crippen molar-refractivity contribution in [3.05, 3.63) is 0 Å². The molecule has 0 radical (unpaired) electrons. The van der Waals surface area contributed by atoms with Crippen LogP contribution in [0.2, 0.25) is 0 Å². The molecule has 1 aliphatic carbocycles. The van der Waals surface area contributed by atoms with Crippen molar-refractivity contribution in [2.45, 2.75) is 38.3 Å². The van der Waals surface area contributed by atoms with Gasteiger partial charge in [-0.1, -0.05) is 0 Å². The van der Waals surface area contributed by atoms with E-state index in [4.69, 9.17) is 0 Å². The van der Waals surface area contributed by atoms with Crippen molar-refractivity contribution in [2.24, 2.45) is 0 Å². The number of rotatable bonds is 3. The topological polar surface area (TPSA) is 35.6 Å². The fourth-order valence-corrected chi connectivity index (χ4v) is 2.08. The lowest BCUT2D eigenvalue weighted by molar-refractivity contribution is -0.134. The third-order valence-electron chi connectivity index (χ3n) is 3.79. The van der Waals surface area contributed by atoms with Gasteiger partial charge in [-0.15, -0.1) is 0 Å². The third kappa shape index (κ3) is 2.74. The number of nitrogens with one attached hydrogen (secondary N) is 1. The molecule has 4 nitrogen and oxygen atoms in total. The highest BCUT2D eigenvalue weighted by molar-refractivity contribution is 5.78. The maximum atomic E-state index is 12.0. The van der Waals surface area contributed by atoms with Gasteiger partial charge in [-0.2, -0.15) is 0 Å². The van der Waals surface area contributed by atoms with E-state index in [0.717, 1.165) is 19.6 Å². The number of hydrogen-bond donors (Lipinski definition) is 1. The number of piperazine rings is 1. The first kappa shape index (κ1) is 11.9. The summed E-state index contributed by atoms with van der Waals surface area (Å²) in [5, 5.41) is 3.29. The predicted octanol–water partition coefficient (Wildman–Crippen LogP) is 0.291. The number of likely N-dealkylation sites (N-methyl/N-ethyl adjacent to an activating group) is 1. The van der Waals surface area contributed by atoms with E-state index in [-0.39, 0.29) is 11.4 Å². The summed E-state index contributed by atoms with van der Waals surface area (Å²) in [5.41, 5.74) is 0.105. The molecular weight excluding hydrogens is 202 g/mol. The largest absolute Gasteiger partial charge is 0.338 e. The second kappa shape index (κ2) is 4.34. The summed E-state index contributed by atoms with van der Waals surface area (Å²) in [5.74, 6) is 0.257. The van der Waals surface area contributed by atoms with Gasteiger partial charge in [-0.25, -0.2) is 0 Å². The van der Waals surface area contributed by atoms with Crippen molar-refractivity contribution in [2.75, 3.05) is 33.2 Å². The number of carbonyl (C=O) groups is 1. The Morgan fingerprint density at radius 3 is 2.62 bits per heavy atom. The zero-order valence-corrected chi connectivity index (χ0v) is 10.6. The lowest BCUT2D eigenvalue weighted by Gasteiger charge is -2.45. The van der Waals surface area contributed by atoms with E-state index in [0.29, 0.717) is 12.6 Å². The molecule has 1 saturated heterocycles. The van der Waals surface area contributed by atoms with Crippen LogP contribution >= 0.6 is 0 Å². The minimum absolute atomic E-state index is 0.105. The van der Waals surface area contributed by atoms with E-state index in [9.17, 15) is 4.79 Å². The molecule has 1 N–H and O–H groups in total. The molecule has 2 fully saturated rings. The molecule has 0 aromatic heterocycles. The highest BCUT2D eigenvalue weighted by Crippen LogP contribution is 2.20. The van der Waals surface area contributed by atoms with Gasteiger partial charge in [0.25, 0.3) is 0 Å². The van der Waals surface area contributed by atoms with Crippen LogP contribution in [0, 0.1) is 0 Å². The Morgan fingerprint density at radius 2 is 2.06 bits per heavy atom. The maximum Gasteiger partial charge on any atom is 0.236 e. The monoisotopic (exact) mass is 225 g/mol. The molecule has 1 aliphatic heterocycles. The molecule has 2 aliphatic rings. The van der Waals surface area contributed by atoms with E-state index in [2.05, 4.69) is 31.1 Å². The maximum absolute atomic E-state index is 12.0. The number of amides is 1. The molecule has 0 spiro atoms. The zero-order chi connectivity index (χ0) is 11.8. The molecule has 4 heteroatoms. The van der Waals surface area contributed by atoms with Gasteiger partial charge in [0, 0.05) is 31.2 Å². The highest BCUT2D eigenvalue weighted by atomic mass is 16.2. The van der Waals surface area contributed by atoms with Crippen molar-refractivity contribution in [3.63, 3.8) is 0 Å². The lowest BCUT2D eigenvalue weighted by Crippen LogP contribution is -2.59. The van der Waals surface area contributed by atoms with Crippen molar-refractivity contribution < 1.29 is 4.79 Å². The Bertz CT molecular complexity index is 273. The van der Waals surface area contributed by atoms with Crippen LogP contribution < -0.4 is 5.32 Å². The molecule has 2 rings (SSSR count). The molecule has 1 saturated carbocycles. The summed E-state index contributed by atoms with van der Waals surface area (Å²) >= 11 is 0. The molecule has 0 aromatic carbocycles. The van der Waals surface area contributed by atoms with E-state index in [1.54, 1.807) is 0 Å². The van der Waals surface area contributed by atoms with Gasteiger partial charge in [-0.05, 0) is 33.7 Å². The summed E-state index contributed by atoms with van der Waals surface area (Å²) in [7, 11) is 2.13. The Morgan fingerprint density at radius 1 is 1.38 bits per heavy atom. The Hall–Kier alpha value is -0.610. The quantitative estimate of drug-likeness (QED) is 0.750. The third-order valence-corrected chi connectivity index (χ3v) is 3.79. The molecular formula is C12H23N3O. The molecule has 0 unspecified atom stereocenters. The summed E-state index contributed by atoms with van der Waals surface area (Å²) in [6.45, 7) is 7.59. The van der Waals surface area contributed by atoms with E-state index < -0.39 is 0 Å². The normalized spacial score (nSPS) is 25.8. The van der Waals surface area contributed by atoms with Crippen LogP contribution in [0.5, 0.6) is 0 Å². The second-order valence-electron chi connectivity index (χ2n) is 5.70. The minimum atomic E-state index is 0.105. The lowest BCUT2D eigenvalue weighted by atomic mass is 10.00. The van der Waals surface area contributed by atoms with Gasteiger partial charge in [0.2, 0.25) is 5.91 Å². The average Bonchev–Trinajstić information content (AvgIpc) is 3.02. The van der Waals surface area contributed by atoms with Crippen LogP contribution in [0.25, 0.3) is 0 Å². The van der Waals surface area contributed by atoms with Crippen LogP contribution in [0.4, 0.5) is 0 Å². The average molecular weight is 225 g/mol. The van der Waals surface area contributed by atoms with Crippen LogP contribution in [-0.4, -0.2) is 60.5 Å². The van der Waals surface area contributed by atoms with E-state index >= 15 is 0 Å². The predicted molar refractivity (Wildman–Crippen MR) is 64.3 cm³/mol. The van der Waals surface area contributed by atoms with Crippen molar-refractivity contribution in [1.29, 1.82) is 0 Å². The fraction of sp³-hybridized carbons (Fsp3) is 0.917. The van der Waals surface area contributed by atoms with Gasteiger partial charge >= 0.3 is 0 Å². The van der Waals surface area contributed by atoms with Crippen molar-refractivity contribution >= 4 is 5.91 Å².